The summed E-state index contributed by atoms with van der Waals surface area (Å²) < 4.78 is 0. The first-order valence-corrected chi connectivity index (χ1v) is 27.2. The lowest BCUT2D eigenvalue weighted by Gasteiger charge is -2.65. The Morgan fingerprint density at radius 2 is 0.811 bits per heavy atom. The molecule has 74 heavy (non-hydrogen) atoms. The summed E-state index contributed by atoms with van der Waals surface area (Å²) in [5.41, 5.74) is 29.0. The van der Waals surface area contributed by atoms with Crippen LogP contribution in [0.4, 0.5) is 34.1 Å². The lowest BCUT2D eigenvalue weighted by molar-refractivity contribution is -0.0412. The molecule has 4 bridgehead atoms. The van der Waals surface area contributed by atoms with Gasteiger partial charge in [-0.3, -0.25) is 0 Å². The maximum Gasteiger partial charge on any atom is 0.252 e. The van der Waals surface area contributed by atoms with Crippen molar-refractivity contribution in [1.29, 1.82) is 0 Å². The van der Waals surface area contributed by atoms with E-state index in [4.69, 9.17) is 0 Å². The molecular formula is C71H55BN2. The van der Waals surface area contributed by atoms with Crippen molar-refractivity contribution >= 4 is 57.2 Å². The summed E-state index contributed by atoms with van der Waals surface area (Å²) in [5, 5.41) is 0. The second-order valence-electron chi connectivity index (χ2n) is 22.5. The fraction of sp³-hybridized carbons (Fsp3) is 0.155. The van der Waals surface area contributed by atoms with E-state index < -0.39 is 0 Å². The number of nitrogens with zero attached hydrogens (tertiary/aromatic N) is 2. The molecule has 4 saturated carbocycles. The molecule has 4 aliphatic carbocycles. The van der Waals surface area contributed by atoms with E-state index in [0.717, 1.165) is 11.8 Å². The Morgan fingerprint density at radius 1 is 0.338 bits per heavy atom. The van der Waals surface area contributed by atoms with Crippen molar-refractivity contribution in [2.45, 2.75) is 44.4 Å². The van der Waals surface area contributed by atoms with Gasteiger partial charge >= 0.3 is 0 Å². The molecule has 0 unspecified atom stereocenters. The normalized spacial score (nSPS) is 21.0. The third-order valence-corrected chi connectivity index (χ3v) is 18.6. The highest BCUT2D eigenvalue weighted by Gasteiger charge is 2.64. The molecule has 10 aromatic carbocycles. The first-order chi connectivity index (χ1) is 36.6. The largest absolute Gasteiger partial charge is 0.311 e. The minimum absolute atomic E-state index is 0.0801. The summed E-state index contributed by atoms with van der Waals surface area (Å²) in [7, 11) is 0. The maximum absolute atomic E-state index is 2.71. The van der Waals surface area contributed by atoms with Gasteiger partial charge in [0.25, 0.3) is 6.71 Å². The van der Waals surface area contributed by atoms with Gasteiger partial charge in [0, 0.05) is 39.5 Å². The first-order valence-electron chi connectivity index (χ1n) is 27.2. The number of hydrogen-bond donors (Lipinski definition) is 0. The van der Waals surface area contributed by atoms with Crippen LogP contribution in [0, 0.1) is 30.6 Å². The standard InChI is InChI=1S/C71H55BN2/c1-45-33-65-70-66(34-45)74(59-28-14-25-52(40-59)48-17-6-2-7-18-48)67-44-55(49-19-8-3-9-20-49)43-63-69(67)72(70)68-62(71(63)56-36-46-35-47(38-56)39-57(71)37-46)29-16-30-64(68)73(65)58-27-15-26-53(41-58)54-31-32-60(50-21-10-4-11-22-50)61(42-54)51-23-12-5-13-24-51/h2-34,40-44,46-47,56-57H,35-39H2,1H3. The predicted octanol–water partition coefficient (Wildman–Crippen LogP) is 16.5. The molecule has 17 rings (SSSR count). The molecule has 1 spiro atoms. The van der Waals surface area contributed by atoms with E-state index in [-0.39, 0.29) is 12.1 Å². The zero-order valence-electron chi connectivity index (χ0n) is 41.8. The molecule has 0 radical (unpaired) electrons. The van der Waals surface area contributed by atoms with Crippen molar-refractivity contribution in [3.63, 3.8) is 0 Å². The highest BCUT2D eigenvalue weighted by atomic mass is 15.2. The Morgan fingerprint density at radius 3 is 1.42 bits per heavy atom. The smallest absolute Gasteiger partial charge is 0.252 e. The van der Waals surface area contributed by atoms with Crippen LogP contribution in [0.15, 0.2) is 231 Å². The van der Waals surface area contributed by atoms with Gasteiger partial charge in [0.1, 0.15) is 0 Å². The van der Waals surface area contributed by atoms with Crippen LogP contribution >= 0.6 is 0 Å². The van der Waals surface area contributed by atoms with E-state index in [1.54, 1.807) is 22.1 Å². The van der Waals surface area contributed by atoms with Crippen molar-refractivity contribution in [2.24, 2.45) is 23.7 Å². The Labute approximate surface area is 435 Å². The number of hydrogen-bond acceptors (Lipinski definition) is 2. The van der Waals surface area contributed by atoms with Gasteiger partial charge in [-0.25, -0.2) is 0 Å². The van der Waals surface area contributed by atoms with Gasteiger partial charge in [0.15, 0.2) is 0 Å². The van der Waals surface area contributed by atoms with Crippen molar-refractivity contribution in [3.05, 3.63) is 247 Å². The molecule has 0 atom stereocenters. The molecule has 0 saturated heterocycles. The van der Waals surface area contributed by atoms with E-state index in [2.05, 4.69) is 247 Å². The minimum atomic E-state index is -0.0801. The van der Waals surface area contributed by atoms with E-state index >= 15 is 0 Å². The second kappa shape index (κ2) is 16.2. The van der Waals surface area contributed by atoms with Gasteiger partial charge in [0.2, 0.25) is 0 Å². The second-order valence-corrected chi connectivity index (χ2v) is 22.5. The molecule has 3 aliphatic heterocycles. The van der Waals surface area contributed by atoms with Gasteiger partial charge in [-0.15, -0.1) is 0 Å². The summed E-state index contributed by atoms with van der Waals surface area (Å²) in [4.78, 5) is 5.37. The highest BCUT2D eigenvalue weighted by molar-refractivity contribution is 7.01. The number of benzene rings is 10. The molecule has 352 valence electrons. The monoisotopic (exact) mass is 946 g/mol. The molecule has 7 aliphatic rings. The Balaban J connectivity index is 0.965. The predicted molar refractivity (Wildman–Crippen MR) is 310 cm³/mol. The maximum atomic E-state index is 2.71. The van der Waals surface area contributed by atoms with Crippen LogP contribution < -0.4 is 26.2 Å². The van der Waals surface area contributed by atoms with Gasteiger partial charge in [-0.2, -0.15) is 0 Å². The van der Waals surface area contributed by atoms with Crippen molar-refractivity contribution < 1.29 is 0 Å². The van der Waals surface area contributed by atoms with E-state index in [0.29, 0.717) is 11.8 Å². The summed E-state index contributed by atoms with van der Waals surface area (Å²) in [6.07, 6.45) is 6.74. The number of anilines is 6. The number of rotatable bonds is 7. The van der Waals surface area contributed by atoms with Crippen LogP contribution in [-0.2, 0) is 5.41 Å². The van der Waals surface area contributed by atoms with Crippen molar-refractivity contribution in [3.8, 4) is 55.6 Å². The molecule has 3 heteroatoms. The molecule has 0 amide bonds. The first kappa shape index (κ1) is 42.4. The van der Waals surface area contributed by atoms with Crippen molar-refractivity contribution in [2.75, 3.05) is 9.80 Å². The number of aryl methyl sites for hydroxylation is 1. The van der Waals surface area contributed by atoms with Crippen LogP contribution in [0.5, 0.6) is 0 Å². The van der Waals surface area contributed by atoms with E-state index in [9.17, 15) is 0 Å². The summed E-state index contributed by atoms with van der Waals surface area (Å²) in [6.45, 7) is 2.40. The summed E-state index contributed by atoms with van der Waals surface area (Å²) >= 11 is 0. The molecular weight excluding hydrogens is 892 g/mol. The molecule has 0 N–H and O–H groups in total. The third kappa shape index (κ3) is 6.13. The quantitative estimate of drug-likeness (QED) is 0.147. The van der Waals surface area contributed by atoms with Gasteiger partial charge in [-0.1, -0.05) is 176 Å². The Hall–Kier alpha value is -8.14. The fourth-order valence-electron chi connectivity index (χ4n) is 16.0. The lowest BCUT2D eigenvalue weighted by Crippen LogP contribution is -2.71. The highest BCUT2D eigenvalue weighted by Crippen LogP contribution is 2.67. The zero-order chi connectivity index (χ0) is 48.6. The molecule has 0 aromatic heterocycles. The summed E-state index contributed by atoms with van der Waals surface area (Å²) in [6, 6.07) is 87.7. The van der Waals surface area contributed by atoms with E-state index in [1.807, 2.05) is 0 Å². The van der Waals surface area contributed by atoms with Crippen LogP contribution in [0.2, 0.25) is 0 Å². The van der Waals surface area contributed by atoms with Crippen molar-refractivity contribution in [1.82, 2.24) is 0 Å². The van der Waals surface area contributed by atoms with Crippen LogP contribution in [0.3, 0.4) is 0 Å². The average molecular weight is 947 g/mol. The van der Waals surface area contributed by atoms with Gasteiger partial charge < -0.3 is 9.80 Å². The lowest BCUT2D eigenvalue weighted by atomic mass is 9.25. The fourth-order valence-corrected chi connectivity index (χ4v) is 16.0. The summed E-state index contributed by atoms with van der Waals surface area (Å²) in [5.74, 6) is 2.88. The van der Waals surface area contributed by atoms with E-state index in [1.165, 1.54) is 133 Å². The molecule has 4 fully saturated rings. The zero-order valence-corrected chi connectivity index (χ0v) is 41.8. The Bertz CT molecular complexity index is 3850. The average Bonchev–Trinajstić information content (AvgIpc) is 3.63. The van der Waals surface area contributed by atoms with Crippen LogP contribution in [0.1, 0.15) is 48.8 Å². The van der Waals surface area contributed by atoms with Gasteiger partial charge in [0.05, 0.1) is 0 Å². The van der Waals surface area contributed by atoms with Gasteiger partial charge in [-0.05, 0) is 206 Å². The topological polar surface area (TPSA) is 6.48 Å². The van der Waals surface area contributed by atoms with Crippen LogP contribution in [-0.4, -0.2) is 6.71 Å². The Kier molecular flexibility index (Phi) is 9.27. The molecule has 3 heterocycles. The minimum Gasteiger partial charge on any atom is -0.311 e. The molecule has 10 aromatic rings. The molecule has 2 nitrogen and oxygen atoms in total. The van der Waals surface area contributed by atoms with Crippen LogP contribution in [0.25, 0.3) is 55.6 Å². The third-order valence-electron chi connectivity index (χ3n) is 18.6. The SMILES string of the molecule is Cc1cc2c3c(c1)N(c1cccc(-c4ccccc4)c1)c1cc(-c4ccccc4)cc4c1B3c1c(cccc1C41C3CC4CC(C3)CC1C4)N2c1cccc(-c2ccc(-c3ccccc3)c(-c3ccccc3)c2)c1.